The average molecular weight is 228 g/mol. The molecule has 0 amide bonds. The molecule has 0 radical (unpaired) electrons. The topological polar surface area (TPSA) is 29.0 Å². The van der Waals surface area contributed by atoms with Crippen molar-refractivity contribution in [2.45, 2.75) is 39.7 Å². The van der Waals surface area contributed by atoms with Crippen molar-refractivity contribution in [2.24, 2.45) is 0 Å². The van der Waals surface area contributed by atoms with Crippen LogP contribution in [-0.2, 0) is 6.42 Å². The highest BCUT2D eigenvalue weighted by atomic mass is 35.5. The van der Waals surface area contributed by atoms with Crippen LogP contribution in [0.15, 0.2) is 6.33 Å². The van der Waals surface area contributed by atoms with Crippen molar-refractivity contribution < 1.29 is 0 Å². The van der Waals surface area contributed by atoms with E-state index in [2.05, 4.69) is 35.6 Å². The Balaban J connectivity index is 3.07. The Labute approximate surface area is 96.5 Å². The molecule has 1 heterocycles. The van der Waals surface area contributed by atoms with Crippen LogP contribution in [0.25, 0.3) is 0 Å². The van der Waals surface area contributed by atoms with Crippen LogP contribution in [0, 0.1) is 0 Å². The number of aromatic nitrogens is 2. The third kappa shape index (κ3) is 2.59. The summed E-state index contributed by atoms with van der Waals surface area (Å²) in [5.41, 5.74) is 1.03. The SMILES string of the molecule is CCc1c(Cl)ncnc1N(C)C(C)CC. The van der Waals surface area contributed by atoms with Gasteiger partial charge < -0.3 is 4.90 Å². The number of rotatable bonds is 4. The second kappa shape index (κ2) is 5.31. The molecule has 0 saturated heterocycles. The van der Waals surface area contributed by atoms with E-state index in [1.54, 1.807) is 0 Å². The molecule has 0 aliphatic carbocycles. The fourth-order valence-electron chi connectivity index (χ4n) is 1.47. The first-order valence-electron chi connectivity index (χ1n) is 5.33. The lowest BCUT2D eigenvalue weighted by Crippen LogP contribution is -2.29. The van der Waals surface area contributed by atoms with E-state index in [9.17, 15) is 0 Å². The lowest BCUT2D eigenvalue weighted by molar-refractivity contribution is 0.653. The molecule has 1 aromatic rings. The number of nitrogens with zero attached hydrogens (tertiary/aromatic N) is 3. The molecule has 0 bridgehead atoms. The molecule has 0 aliphatic heterocycles. The standard InChI is InChI=1S/C11H18ClN3/c1-5-8(3)15(4)11-9(6-2)10(12)13-7-14-11/h7-8H,5-6H2,1-4H3. The Kier molecular flexibility index (Phi) is 4.33. The largest absolute Gasteiger partial charge is 0.357 e. The van der Waals surface area contributed by atoms with Crippen LogP contribution in [-0.4, -0.2) is 23.1 Å². The fourth-order valence-corrected chi connectivity index (χ4v) is 1.73. The predicted octanol–water partition coefficient (Wildman–Crippen LogP) is 2.93. The molecule has 0 N–H and O–H groups in total. The second-order valence-electron chi connectivity index (χ2n) is 3.69. The Morgan fingerprint density at radius 2 is 2.07 bits per heavy atom. The predicted molar refractivity (Wildman–Crippen MR) is 64.6 cm³/mol. The molecule has 1 unspecified atom stereocenters. The molecule has 0 fully saturated rings. The zero-order chi connectivity index (χ0) is 11.4. The molecule has 4 heteroatoms. The molecular formula is C11H18ClN3. The van der Waals surface area contributed by atoms with E-state index in [1.807, 2.05) is 7.05 Å². The van der Waals surface area contributed by atoms with Gasteiger partial charge in [0, 0.05) is 18.7 Å². The molecular weight excluding hydrogens is 210 g/mol. The minimum absolute atomic E-state index is 0.460. The second-order valence-corrected chi connectivity index (χ2v) is 4.05. The first-order valence-corrected chi connectivity index (χ1v) is 5.71. The highest BCUT2D eigenvalue weighted by molar-refractivity contribution is 6.30. The van der Waals surface area contributed by atoms with Gasteiger partial charge in [0.2, 0.25) is 0 Å². The number of hydrogen-bond acceptors (Lipinski definition) is 3. The molecule has 1 rings (SSSR count). The number of anilines is 1. The van der Waals surface area contributed by atoms with Gasteiger partial charge in [-0.25, -0.2) is 9.97 Å². The summed E-state index contributed by atoms with van der Waals surface area (Å²) in [6.07, 6.45) is 3.47. The number of halogens is 1. The van der Waals surface area contributed by atoms with Crippen molar-refractivity contribution in [1.29, 1.82) is 0 Å². The van der Waals surface area contributed by atoms with Gasteiger partial charge in [0.1, 0.15) is 17.3 Å². The Hall–Kier alpha value is -0.830. The first kappa shape index (κ1) is 12.2. The van der Waals surface area contributed by atoms with E-state index in [-0.39, 0.29) is 0 Å². The van der Waals surface area contributed by atoms with Gasteiger partial charge in [-0.05, 0) is 19.8 Å². The molecule has 0 aromatic carbocycles. The highest BCUT2D eigenvalue weighted by Gasteiger charge is 2.15. The summed E-state index contributed by atoms with van der Waals surface area (Å²) >= 11 is 6.04. The van der Waals surface area contributed by atoms with E-state index in [1.165, 1.54) is 6.33 Å². The molecule has 15 heavy (non-hydrogen) atoms. The van der Waals surface area contributed by atoms with Crippen molar-refractivity contribution in [1.82, 2.24) is 9.97 Å². The van der Waals surface area contributed by atoms with Crippen LogP contribution >= 0.6 is 11.6 Å². The normalized spacial score (nSPS) is 12.6. The zero-order valence-electron chi connectivity index (χ0n) is 9.79. The van der Waals surface area contributed by atoms with Crippen molar-refractivity contribution >= 4 is 17.4 Å². The first-order chi connectivity index (χ1) is 7.11. The van der Waals surface area contributed by atoms with Gasteiger partial charge >= 0.3 is 0 Å². The highest BCUT2D eigenvalue weighted by Crippen LogP contribution is 2.24. The average Bonchev–Trinajstić information content (AvgIpc) is 2.26. The van der Waals surface area contributed by atoms with Gasteiger partial charge in [-0.2, -0.15) is 0 Å². The van der Waals surface area contributed by atoms with Crippen LogP contribution in [0.4, 0.5) is 5.82 Å². The summed E-state index contributed by atoms with van der Waals surface area (Å²) in [7, 11) is 2.05. The van der Waals surface area contributed by atoms with Gasteiger partial charge in [0.05, 0.1) is 0 Å². The van der Waals surface area contributed by atoms with Crippen molar-refractivity contribution in [3.8, 4) is 0 Å². The van der Waals surface area contributed by atoms with Crippen LogP contribution in [0.1, 0.15) is 32.8 Å². The van der Waals surface area contributed by atoms with Crippen LogP contribution in [0.3, 0.4) is 0 Å². The maximum absolute atomic E-state index is 6.04. The lowest BCUT2D eigenvalue weighted by atomic mass is 10.2. The van der Waals surface area contributed by atoms with Gasteiger partial charge in [-0.3, -0.25) is 0 Å². The van der Waals surface area contributed by atoms with Crippen molar-refractivity contribution in [2.75, 3.05) is 11.9 Å². The number of hydrogen-bond donors (Lipinski definition) is 0. The molecule has 1 aromatic heterocycles. The van der Waals surface area contributed by atoms with E-state index in [0.717, 1.165) is 24.2 Å². The van der Waals surface area contributed by atoms with Gasteiger partial charge in [-0.15, -0.1) is 0 Å². The van der Waals surface area contributed by atoms with Crippen LogP contribution in [0.5, 0.6) is 0 Å². The van der Waals surface area contributed by atoms with Gasteiger partial charge in [-0.1, -0.05) is 25.4 Å². The Bertz CT molecular complexity index is 328. The van der Waals surface area contributed by atoms with Gasteiger partial charge in [0.15, 0.2) is 0 Å². The Morgan fingerprint density at radius 1 is 1.40 bits per heavy atom. The maximum atomic E-state index is 6.04. The van der Waals surface area contributed by atoms with Gasteiger partial charge in [0.25, 0.3) is 0 Å². The van der Waals surface area contributed by atoms with Crippen molar-refractivity contribution in [3.05, 3.63) is 17.0 Å². The third-order valence-corrected chi connectivity index (χ3v) is 3.14. The Morgan fingerprint density at radius 3 is 2.60 bits per heavy atom. The minimum Gasteiger partial charge on any atom is -0.357 e. The summed E-state index contributed by atoms with van der Waals surface area (Å²) in [6.45, 7) is 6.41. The summed E-state index contributed by atoms with van der Waals surface area (Å²) in [5.74, 6) is 0.951. The minimum atomic E-state index is 0.460. The maximum Gasteiger partial charge on any atom is 0.137 e. The van der Waals surface area contributed by atoms with E-state index < -0.39 is 0 Å². The lowest BCUT2D eigenvalue weighted by Gasteiger charge is -2.26. The van der Waals surface area contributed by atoms with Crippen LogP contribution in [0.2, 0.25) is 5.15 Å². The molecule has 1 atom stereocenters. The summed E-state index contributed by atoms with van der Waals surface area (Å²) in [6, 6.07) is 0.460. The van der Waals surface area contributed by atoms with E-state index in [0.29, 0.717) is 11.2 Å². The molecule has 84 valence electrons. The molecule has 3 nitrogen and oxygen atoms in total. The summed E-state index contributed by atoms with van der Waals surface area (Å²) in [4.78, 5) is 10.5. The smallest absolute Gasteiger partial charge is 0.137 e. The quantitative estimate of drug-likeness (QED) is 0.741. The van der Waals surface area contributed by atoms with E-state index in [4.69, 9.17) is 11.6 Å². The molecule has 0 saturated carbocycles. The molecule has 0 spiro atoms. The third-order valence-electron chi connectivity index (χ3n) is 2.81. The fraction of sp³-hybridized carbons (Fsp3) is 0.636. The molecule has 0 aliphatic rings. The summed E-state index contributed by atoms with van der Waals surface area (Å²) in [5, 5.41) is 0.567. The monoisotopic (exact) mass is 227 g/mol. The summed E-state index contributed by atoms with van der Waals surface area (Å²) < 4.78 is 0. The van der Waals surface area contributed by atoms with Crippen molar-refractivity contribution in [3.63, 3.8) is 0 Å². The van der Waals surface area contributed by atoms with Crippen LogP contribution < -0.4 is 4.90 Å². The van der Waals surface area contributed by atoms with E-state index >= 15 is 0 Å². The zero-order valence-corrected chi connectivity index (χ0v) is 10.5.